The summed E-state index contributed by atoms with van der Waals surface area (Å²) in [7, 11) is 0. The minimum absolute atomic E-state index is 0.0368. The Morgan fingerprint density at radius 2 is 2.26 bits per heavy atom. The van der Waals surface area contributed by atoms with Crippen molar-refractivity contribution in [1.82, 2.24) is 5.32 Å². The van der Waals surface area contributed by atoms with Gasteiger partial charge in [0.05, 0.1) is 0 Å². The molecule has 1 rings (SSSR count). The molecule has 0 saturated heterocycles. The zero-order chi connectivity index (χ0) is 14.3. The van der Waals surface area contributed by atoms with Crippen LogP contribution in [0.15, 0.2) is 41.4 Å². The highest BCUT2D eigenvalue weighted by atomic mass is 79.9. The topological polar surface area (TPSA) is 75.6 Å². The van der Waals surface area contributed by atoms with Gasteiger partial charge in [0.1, 0.15) is 12.6 Å². The lowest BCUT2D eigenvalue weighted by atomic mass is 10.1. The zero-order valence-electron chi connectivity index (χ0n) is 10.1. The first-order valence-corrected chi connectivity index (χ1v) is 6.33. The van der Waals surface area contributed by atoms with Crippen molar-refractivity contribution >= 4 is 28.0 Å². The van der Waals surface area contributed by atoms with Crippen LogP contribution in [-0.2, 0) is 16.0 Å². The third kappa shape index (κ3) is 5.56. The molecule has 1 aromatic carbocycles. The second-order valence-corrected chi connectivity index (χ2v) is 4.67. The first-order chi connectivity index (χ1) is 9.02. The van der Waals surface area contributed by atoms with Gasteiger partial charge in [0, 0.05) is 10.9 Å². The lowest BCUT2D eigenvalue weighted by Crippen LogP contribution is -2.42. The summed E-state index contributed by atoms with van der Waals surface area (Å²) in [6.45, 7) is 3.43. The molecule has 0 radical (unpaired) electrons. The molecule has 1 amide bonds. The Balaban J connectivity index is 2.65. The average Bonchev–Trinajstić information content (AvgIpc) is 2.35. The van der Waals surface area contributed by atoms with E-state index in [0.29, 0.717) is 0 Å². The standard InChI is InChI=1S/C13H14BrNO4/c1-2-6-19-13(18)15-11(12(16)17)8-9-4-3-5-10(14)7-9/h2-5,7,11H,1,6,8H2,(H,15,18)(H,16,17). The molecule has 6 heteroatoms. The molecule has 0 bridgehead atoms. The Hall–Kier alpha value is -1.82. The summed E-state index contributed by atoms with van der Waals surface area (Å²) in [4.78, 5) is 22.4. The Morgan fingerprint density at radius 3 is 2.84 bits per heavy atom. The Kier molecular flexibility index (Phi) is 6.08. The van der Waals surface area contributed by atoms with Gasteiger partial charge in [0.2, 0.25) is 0 Å². The summed E-state index contributed by atoms with van der Waals surface area (Å²) >= 11 is 3.30. The number of alkyl carbamates (subject to hydrolysis) is 1. The van der Waals surface area contributed by atoms with Crippen LogP contribution >= 0.6 is 15.9 Å². The van der Waals surface area contributed by atoms with Gasteiger partial charge in [-0.1, -0.05) is 40.7 Å². The van der Waals surface area contributed by atoms with Gasteiger partial charge in [-0.05, 0) is 17.7 Å². The van der Waals surface area contributed by atoms with Crippen LogP contribution < -0.4 is 5.32 Å². The molecular weight excluding hydrogens is 314 g/mol. The second-order valence-electron chi connectivity index (χ2n) is 3.76. The number of aliphatic carboxylic acids is 1. The summed E-state index contributed by atoms with van der Waals surface area (Å²) in [6.07, 6.45) is 0.809. The minimum Gasteiger partial charge on any atom is -0.480 e. The van der Waals surface area contributed by atoms with Crippen LogP contribution in [0.5, 0.6) is 0 Å². The first kappa shape index (κ1) is 15.2. The SMILES string of the molecule is C=CCOC(=O)NC(Cc1cccc(Br)c1)C(=O)O. The molecule has 0 saturated carbocycles. The molecule has 0 aliphatic rings. The highest BCUT2D eigenvalue weighted by Crippen LogP contribution is 2.13. The second kappa shape index (κ2) is 7.58. The van der Waals surface area contributed by atoms with E-state index in [2.05, 4.69) is 27.8 Å². The van der Waals surface area contributed by atoms with E-state index in [-0.39, 0.29) is 13.0 Å². The average molecular weight is 328 g/mol. The molecule has 5 nitrogen and oxygen atoms in total. The molecule has 0 aliphatic heterocycles. The Labute approximate surface area is 119 Å². The lowest BCUT2D eigenvalue weighted by molar-refractivity contribution is -0.139. The summed E-state index contributed by atoms with van der Waals surface area (Å²) in [5.74, 6) is -1.12. The van der Waals surface area contributed by atoms with E-state index >= 15 is 0 Å². The maximum absolute atomic E-state index is 11.3. The fraction of sp³-hybridized carbons (Fsp3) is 0.231. The summed E-state index contributed by atoms with van der Waals surface area (Å²) in [5, 5.41) is 11.4. The van der Waals surface area contributed by atoms with Gasteiger partial charge in [-0.3, -0.25) is 0 Å². The lowest BCUT2D eigenvalue weighted by Gasteiger charge is -2.14. The fourth-order valence-electron chi connectivity index (χ4n) is 1.42. The van der Waals surface area contributed by atoms with Gasteiger partial charge in [0.25, 0.3) is 0 Å². The van der Waals surface area contributed by atoms with Gasteiger partial charge in [-0.2, -0.15) is 0 Å². The van der Waals surface area contributed by atoms with Crippen LogP contribution in [0.4, 0.5) is 4.79 Å². The number of nitrogens with one attached hydrogen (secondary N) is 1. The maximum atomic E-state index is 11.3. The van der Waals surface area contributed by atoms with E-state index < -0.39 is 18.1 Å². The number of carboxylic acids is 1. The predicted molar refractivity (Wildman–Crippen MR) is 74.0 cm³/mol. The van der Waals surface area contributed by atoms with Crippen LogP contribution in [0, 0.1) is 0 Å². The van der Waals surface area contributed by atoms with Crippen molar-refractivity contribution in [2.75, 3.05) is 6.61 Å². The van der Waals surface area contributed by atoms with Gasteiger partial charge in [0.15, 0.2) is 0 Å². The molecular formula is C13H14BrNO4. The fourth-order valence-corrected chi connectivity index (χ4v) is 1.86. The van der Waals surface area contributed by atoms with Gasteiger partial charge < -0.3 is 15.2 Å². The molecule has 102 valence electrons. The smallest absolute Gasteiger partial charge is 0.408 e. The van der Waals surface area contributed by atoms with Crippen molar-refractivity contribution in [2.24, 2.45) is 0 Å². The molecule has 1 aromatic rings. The third-order valence-electron chi connectivity index (χ3n) is 2.25. The van der Waals surface area contributed by atoms with Crippen LogP contribution in [0.3, 0.4) is 0 Å². The molecule has 19 heavy (non-hydrogen) atoms. The minimum atomic E-state index is -1.12. The Morgan fingerprint density at radius 1 is 1.53 bits per heavy atom. The number of carbonyl (C=O) groups excluding carboxylic acids is 1. The van der Waals surface area contributed by atoms with Crippen molar-refractivity contribution in [1.29, 1.82) is 0 Å². The number of carbonyl (C=O) groups is 2. The summed E-state index contributed by atoms with van der Waals surface area (Å²) < 4.78 is 5.54. The molecule has 0 fully saturated rings. The number of hydrogen-bond acceptors (Lipinski definition) is 3. The monoisotopic (exact) mass is 327 g/mol. The van der Waals surface area contributed by atoms with Crippen LogP contribution in [0.25, 0.3) is 0 Å². The predicted octanol–water partition coefficient (Wildman–Crippen LogP) is 2.36. The van der Waals surface area contributed by atoms with E-state index in [4.69, 9.17) is 9.84 Å². The number of ether oxygens (including phenoxy) is 1. The van der Waals surface area contributed by atoms with Gasteiger partial charge >= 0.3 is 12.1 Å². The maximum Gasteiger partial charge on any atom is 0.408 e. The normalized spacial score (nSPS) is 11.4. The van der Waals surface area contributed by atoms with Crippen molar-refractivity contribution in [2.45, 2.75) is 12.5 Å². The van der Waals surface area contributed by atoms with E-state index in [1.54, 1.807) is 18.2 Å². The largest absolute Gasteiger partial charge is 0.480 e. The van der Waals surface area contributed by atoms with E-state index in [1.807, 2.05) is 6.07 Å². The molecule has 0 aliphatic carbocycles. The van der Waals surface area contributed by atoms with Crippen LogP contribution in [-0.4, -0.2) is 29.8 Å². The molecule has 0 spiro atoms. The molecule has 1 unspecified atom stereocenters. The van der Waals surface area contributed by atoms with Crippen molar-refractivity contribution < 1.29 is 19.4 Å². The van der Waals surface area contributed by atoms with Crippen LogP contribution in [0.2, 0.25) is 0 Å². The Bertz CT molecular complexity index is 475. The van der Waals surface area contributed by atoms with Crippen molar-refractivity contribution in [3.8, 4) is 0 Å². The number of hydrogen-bond donors (Lipinski definition) is 2. The molecule has 0 aromatic heterocycles. The molecule has 1 atom stereocenters. The van der Waals surface area contributed by atoms with Crippen molar-refractivity contribution in [3.05, 3.63) is 47.0 Å². The number of carboxylic acid groups (broad SMARTS) is 1. The van der Waals surface area contributed by atoms with Gasteiger partial charge in [-0.15, -0.1) is 0 Å². The van der Waals surface area contributed by atoms with E-state index in [1.165, 1.54) is 6.08 Å². The number of amides is 1. The quantitative estimate of drug-likeness (QED) is 0.786. The molecule has 2 N–H and O–H groups in total. The summed E-state index contributed by atoms with van der Waals surface area (Å²) in [5.41, 5.74) is 0.797. The van der Waals surface area contributed by atoms with Crippen molar-refractivity contribution in [3.63, 3.8) is 0 Å². The van der Waals surface area contributed by atoms with E-state index in [0.717, 1.165) is 10.0 Å². The summed E-state index contributed by atoms with van der Waals surface area (Å²) in [6, 6.07) is 6.19. The first-order valence-electron chi connectivity index (χ1n) is 5.54. The highest BCUT2D eigenvalue weighted by Gasteiger charge is 2.21. The number of benzene rings is 1. The number of rotatable bonds is 6. The van der Waals surface area contributed by atoms with Crippen LogP contribution in [0.1, 0.15) is 5.56 Å². The van der Waals surface area contributed by atoms with Gasteiger partial charge in [-0.25, -0.2) is 9.59 Å². The molecule has 0 heterocycles. The highest BCUT2D eigenvalue weighted by molar-refractivity contribution is 9.10. The number of halogens is 1. The van der Waals surface area contributed by atoms with E-state index in [9.17, 15) is 9.59 Å². The third-order valence-corrected chi connectivity index (χ3v) is 2.74. The zero-order valence-corrected chi connectivity index (χ0v) is 11.7.